The van der Waals surface area contributed by atoms with Crippen LogP contribution in [-0.4, -0.2) is 45.0 Å². The summed E-state index contributed by atoms with van der Waals surface area (Å²) in [4.78, 5) is 3.78. The van der Waals surface area contributed by atoms with Gasteiger partial charge < -0.3 is 4.90 Å². The first kappa shape index (κ1) is 20.7. The van der Waals surface area contributed by atoms with E-state index in [1.165, 1.54) is 47.2 Å². The minimum absolute atomic E-state index is 0.615. The molecule has 1 aromatic carbocycles. The Labute approximate surface area is 190 Å². The lowest BCUT2D eigenvalue weighted by Crippen LogP contribution is -2.31. The third kappa shape index (κ3) is 4.53. The van der Waals surface area contributed by atoms with Crippen LogP contribution >= 0.6 is 11.9 Å². The Hall–Kier alpha value is -2.24. The third-order valence-corrected chi connectivity index (χ3v) is 8.03. The van der Waals surface area contributed by atoms with Gasteiger partial charge in [-0.3, -0.25) is 0 Å². The molecule has 2 aromatic heterocycles. The predicted molar refractivity (Wildman–Crippen MR) is 130 cm³/mol. The van der Waals surface area contributed by atoms with Crippen molar-refractivity contribution in [1.29, 1.82) is 0 Å². The van der Waals surface area contributed by atoms with E-state index in [4.69, 9.17) is 0 Å². The molecule has 0 bridgehead atoms. The van der Waals surface area contributed by atoms with Crippen LogP contribution in [0.3, 0.4) is 0 Å². The Kier molecular flexibility index (Phi) is 6.06. The van der Waals surface area contributed by atoms with Gasteiger partial charge in [0.1, 0.15) is 0 Å². The van der Waals surface area contributed by atoms with E-state index >= 15 is 0 Å². The number of nitrogens with zero attached hydrogens (tertiary/aromatic N) is 4. The molecular formula is C26H32N4S. The SMILES string of the molecule is C=C(c1cnn2ccc(C3CCN(Sc4ccccc4)CC3)cc12)N1CCC(C)CC1. The van der Waals surface area contributed by atoms with E-state index < -0.39 is 0 Å². The lowest BCUT2D eigenvalue weighted by atomic mass is 9.90. The molecule has 0 amide bonds. The number of hydrogen-bond acceptors (Lipinski definition) is 4. The third-order valence-electron chi connectivity index (χ3n) is 6.92. The summed E-state index contributed by atoms with van der Waals surface area (Å²) in [5, 5.41) is 4.61. The van der Waals surface area contributed by atoms with Crippen molar-refractivity contribution < 1.29 is 0 Å². The minimum Gasteiger partial charge on any atom is -0.371 e. The van der Waals surface area contributed by atoms with Crippen LogP contribution in [0.5, 0.6) is 0 Å². The van der Waals surface area contributed by atoms with Crippen molar-refractivity contribution in [3.8, 4) is 0 Å². The topological polar surface area (TPSA) is 23.8 Å². The summed E-state index contributed by atoms with van der Waals surface area (Å²) < 4.78 is 4.52. The summed E-state index contributed by atoms with van der Waals surface area (Å²) in [5.41, 5.74) is 4.96. The highest BCUT2D eigenvalue weighted by Crippen LogP contribution is 2.35. The molecule has 5 rings (SSSR count). The highest BCUT2D eigenvalue weighted by atomic mass is 32.2. The second-order valence-electron chi connectivity index (χ2n) is 9.07. The van der Waals surface area contributed by atoms with Crippen LogP contribution in [-0.2, 0) is 0 Å². The van der Waals surface area contributed by atoms with Crippen LogP contribution in [0, 0.1) is 5.92 Å². The molecule has 2 aliphatic rings. The van der Waals surface area contributed by atoms with Crippen molar-refractivity contribution >= 4 is 23.2 Å². The molecule has 0 saturated carbocycles. The number of benzene rings is 1. The van der Waals surface area contributed by atoms with Gasteiger partial charge in [0.05, 0.1) is 11.7 Å². The Morgan fingerprint density at radius 2 is 1.74 bits per heavy atom. The van der Waals surface area contributed by atoms with Crippen LogP contribution in [0.15, 0.2) is 66.3 Å². The molecule has 0 N–H and O–H groups in total. The first-order chi connectivity index (χ1) is 15.2. The fourth-order valence-electron chi connectivity index (χ4n) is 4.83. The van der Waals surface area contributed by atoms with Crippen molar-refractivity contribution in [2.24, 2.45) is 5.92 Å². The second-order valence-corrected chi connectivity index (χ2v) is 10.2. The van der Waals surface area contributed by atoms with E-state index in [0.717, 1.165) is 37.8 Å². The van der Waals surface area contributed by atoms with Crippen LogP contribution in [0.25, 0.3) is 11.2 Å². The molecule has 5 heteroatoms. The van der Waals surface area contributed by atoms with E-state index in [1.807, 2.05) is 22.7 Å². The van der Waals surface area contributed by atoms with Crippen molar-refractivity contribution in [3.63, 3.8) is 0 Å². The fraction of sp³-hybridized carbons (Fsp3) is 0.423. The zero-order chi connectivity index (χ0) is 21.2. The maximum absolute atomic E-state index is 4.61. The van der Waals surface area contributed by atoms with Crippen molar-refractivity contribution in [2.45, 2.75) is 43.4 Å². The Balaban J connectivity index is 1.28. The number of likely N-dealkylation sites (tertiary alicyclic amines) is 1. The number of aromatic nitrogens is 2. The van der Waals surface area contributed by atoms with Gasteiger partial charge >= 0.3 is 0 Å². The Bertz CT molecular complexity index is 1030. The predicted octanol–water partition coefficient (Wildman–Crippen LogP) is 5.92. The van der Waals surface area contributed by atoms with Gasteiger partial charge in [0.25, 0.3) is 0 Å². The van der Waals surface area contributed by atoms with Gasteiger partial charge in [-0.05, 0) is 79.3 Å². The molecule has 2 saturated heterocycles. The summed E-state index contributed by atoms with van der Waals surface area (Å²) >= 11 is 1.89. The zero-order valence-corrected chi connectivity index (χ0v) is 19.2. The highest BCUT2D eigenvalue weighted by Gasteiger charge is 2.23. The first-order valence-electron chi connectivity index (χ1n) is 11.6. The maximum Gasteiger partial charge on any atom is 0.0757 e. The Morgan fingerprint density at radius 3 is 2.48 bits per heavy atom. The molecule has 2 fully saturated rings. The molecule has 2 aliphatic heterocycles. The van der Waals surface area contributed by atoms with Gasteiger partial charge in [0, 0.05) is 48.5 Å². The van der Waals surface area contributed by atoms with Gasteiger partial charge in [-0.2, -0.15) is 5.10 Å². The quantitative estimate of drug-likeness (QED) is 0.467. The fourth-order valence-corrected chi connectivity index (χ4v) is 5.80. The van der Waals surface area contributed by atoms with Crippen LogP contribution in [0.1, 0.15) is 49.7 Å². The summed E-state index contributed by atoms with van der Waals surface area (Å²) in [6.07, 6.45) is 9.03. The van der Waals surface area contributed by atoms with E-state index in [0.29, 0.717) is 5.92 Å². The van der Waals surface area contributed by atoms with Gasteiger partial charge in [-0.25, -0.2) is 8.82 Å². The average Bonchev–Trinajstić information content (AvgIpc) is 3.24. The molecule has 4 heterocycles. The maximum atomic E-state index is 4.61. The van der Waals surface area contributed by atoms with Crippen LogP contribution in [0.4, 0.5) is 0 Å². The van der Waals surface area contributed by atoms with Gasteiger partial charge in [-0.1, -0.05) is 31.7 Å². The molecular weight excluding hydrogens is 400 g/mol. The summed E-state index contributed by atoms with van der Waals surface area (Å²) in [5.74, 6) is 1.44. The zero-order valence-electron chi connectivity index (χ0n) is 18.4. The highest BCUT2D eigenvalue weighted by molar-refractivity contribution is 7.97. The second kappa shape index (κ2) is 9.09. The molecule has 0 radical (unpaired) electrons. The van der Waals surface area contributed by atoms with Gasteiger partial charge in [-0.15, -0.1) is 0 Å². The number of rotatable bonds is 5. The van der Waals surface area contributed by atoms with Crippen LogP contribution in [0.2, 0.25) is 0 Å². The lowest BCUT2D eigenvalue weighted by molar-refractivity contribution is 0.269. The smallest absolute Gasteiger partial charge is 0.0757 e. The number of pyridine rings is 1. The molecule has 162 valence electrons. The lowest BCUT2D eigenvalue weighted by Gasteiger charge is -2.33. The molecule has 4 nitrogen and oxygen atoms in total. The molecule has 0 aliphatic carbocycles. The minimum atomic E-state index is 0.615. The van der Waals surface area contributed by atoms with Crippen molar-refractivity contribution in [1.82, 2.24) is 18.8 Å². The number of hydrogen-bond donors (Lipinski definition) is 0. The van der Waals surface area contributed by atoms with Crippen LogP contribution < -0.4 is 0 Å². The van der Waals surface area contributed by atoms with E-state index in [2.05, 4.69) is 76.5 Å². The van der Waals surface area contributed by atoms with Gasteiger partial charge in [0.2, 0.25) is 0 Å². The van der Waals surface area contributed by atoms with E-state index in [9.17, 15) is 0 Å². The van der Waals surface area contributed by atoms with E-state index in [-0.39, 0.29) is 0 Å². The number of fused-ring (bicyclic) bond motifs is 1. The normalized spacial score (nSPS) is 19.2. The average molecular weight is 433 g/mol. The van der Waals surface area contributed by atoms with E-state index in [1.54, 1.807) is 0 Å². The first-order valence-corrected chi connectivity index (χ1v) is 12.3. The molecule has 0 atom stereocenters. The molecule has 3 aromatic rings. The summed E-state index contributed by atoms with van der Waals surface area (Å²) in [6.45, 7) is 11.3. The Morgan fingerprint density at radius 1 is 1.00 bits per heavy atom. The largest absolute Gasteiger partial charge is 0.371 e. The number of piperidine rings is 2. The molecule has 0 unspecified atom stereocenters. The standard InChI is InChI=1S/C26H32N4S/c1-20-8-13-28(14-9-20)21(2)25-19-27-30-17-12-23(18-26(25)30)22-10-15-29(16-11-22)31-24-6-4-3-5-7-24/h3-7,12,17-20,22H,2,8-11,13-16H2,1H3. The monoisotopic (exact) mass is 432 g/mol. The summed E-state index contributed by atoms with van der Waals surface area (Å²) in [6, 6.07) is 15.3. The molecule has 0 spiro atoms. The van der Waals surface area contributed by atoms with Crippen molar-refractivity contribution in [3.05, 3.63) is 72.6 Å². The summed E-state index contributed by atoms with van der Waals surface area (Å²) in [7, 11) is 0. The van der Waals surface area contributed by atoms with Gasteiger partial charge in [0.15, 0.2) is 0 Å². The molecule has 31 heavy (non-hydrogen) atoms. The van der Waals surface area contributed by atoms with Crippen molar-refractivity contribution in [2.75, 3.05) is 26.2 Å².